The van der Waals surface area contributed by atoms with E-state index in [9.17, 15) is 9.59 Å². The lowest BCUT2D eigenvalue weighted by molar-refractivity contribution is -0.119. The number of rotatable bonds is 8. The predicted molar refractivity (Wildman–Crippen MR) is 126 cm³/mol. The fourth-order valence-corrected chi connectivity index (χ4v) is 3.80. The summed E-state index contributed by atoms with van der Waals surface area (Å²) >= 11 is 0. The maximum Gasteiger partial charge on any atom is 0.325 e. The van der Waals surface area contributed by atoms with Crippen molar-refractivity contribution in [3.05, 3.63) is 90.5 Å². The second kappa shape index (κ2) is 10.0. The van der Waals surface area contributed by atoms with Crippen LogP contribution in [0.15, 0.2) is 84.9 Å². The smallest absolute Gasteiger partial charge is 0.325 e. The topological polar surface area (TPSA) is 53.1 Å². The van der Waals surface area contributed by atoms with Gasteiger partial charge in [-0.25, -0.2) is 4.79 Å². The molecule has 1 fully saturated rings. The number of para-hydroxylation sites is 1. The lowest BCUT2D eigenvalue weighted by Gasteiger charge is -2.26. The molecule has 0 aliphatic carbocycles. The van der Waals surface area contributed by atoms with Gasteiger partial charge in [0.05, 0.1) is 13.2 Å². The van der Waals surface area contributed by atoms with Gasteiger partial charge < -0.3 is 14.5 Å². The Labute approximate surface area is 188 Å². The Morgan fingerprint density at radius 3 is 2.22 bits per heavy atom. The molecule has 0 atom stereocenters. The third kappa shape index (κ3) is 4.91. The van der Waals surface area contributed by atoms with Crippen molar-refractivity contribution < 1.29 is 14.3 Å². The van der Waals surface area contributed by atoms with Crippen LogP contribution in [0.1, 0.15) is 12.5 Å². The van der Waals surface area contributed by atoms with Gasteiger partial charge in [-0.15, -0.1) is 0 Å². The van der Waals surface area contributed by atoms with E-state index in [4.69, 9.17) is 4.74 Å². The van der Waals surface area contributed by atoms with E-state index in [2.05, 4.69) is 0 Å². The number of benzene rings is 3. The molecule has 4 rings (SSSR count). The Kier molecular flexibility index (Phi) is 6.70. The fourth-order valence-electron chi connectivity index (χ4n) is 3.80. The molecular formula is C26H27N3O3. The lowest BCUT2D eigenvalue weighted by atomic mass is 10.2. The number of carbonyl (C=O) groups excluding carboxylic acids is 2. The largest absolute Gasteiger partial charge is 0.494 e. The average Bonchev–Trinajstić information content (AvgIpc) is 3.19. The molecule has 0 radical (unpaired) electrons. The normalized spacial score (nSPS) is 13.3. The van der Waals surface area contributed by atoms with Crippen LogP contribution in [0, 0.1) is 0 Å². The van der Waals surface area contributed by atoms with Crippen LogP contribution in [0.5, 0.6) is 5.75 Å². The van der Waals surface area contributed by atoms with Crippen LogP contribution < -0.4 is 14.5 Å². The summed E-state index contributed by atoms with van der Waals surface area (Å²) < 4.78 is 5.48. The first-order valence-electron chi connectivity index (χ1n) is 10.8. The quantitative estimate of drug-likeness (QED) is 0.527. The van der Waals surface area contributed by atoms with E-state index in [1.54, 1.807) is 14.7 Å². The number of amides is 3. The van der Waals surface area contributed by atoms with Gasteiger partial charge >= 0.3 is 6.03 Å². The maximum absolute atomic E-state index is 13.3. The summed E-state index contributed by atoms with van der Waals surface area (Å²) in [5.41, 5.74) is 2.66. The molecule has 32 heavy (non-hydrogen) atoms. The summed E-state index contributed by atoms with van der Waals surface area (Å²) in [6, 6.07) is 26.8. The van der Waals surface area contributed by atoms with Crippen LogP contribution in [0.3, 0.4) is 0 Å². The second-order valence-corrected chi connectivity index (χ2v) is 7.58. The molecule has 1 heterocycles. The van der Waals surface area contributed by atoms with Gasteiger partial charge in [0, 0.05) is 24.5 Å². The first-order chi connectivity index (χ1) is 15.7. The summed E-state index contributed by atoms with van der Waals surface area (Å²) in [6.45, 7) is 4.07. The maximum atomic E-state index is 13.3. The van der Waals surface area contributed by atoms with E-state index >= 15 is 0 Å². The van der Waals surface area contributed by atoms with Gasteiger partial charge in [-0.1, -0.05) is 48.5 Å². The molecule has 0 N–H and O–H groups in total. The fraction of sp³-hybridized carbons (Fsp3) is 0.231. The SMILES string of the molecule is CCOc1ccc(N2CCN(CC(=O)N(Cc3ccccc3)c3ccccc3)C2=O)cc1. The minimum Gasteiger partial charge on any atom is -0.494 e. The highest BCUT2D eigenvalue weighted by Gasteiger charge is 2.32. The third-order valence-electron chi connectivity index (χ3n) is 5.43. The van der Waals surface area contributed by atoms with Crippen molar-refractivity contribution in [3.63, 3.8) is 0 Å². The van der Waals surface area contributed by atoms with Gasteiger partial charge in [0.2, 0.25) is 5.91 Å². The summed E-state index contributed by atoms with van der Waals surface area (Å²) in [7, 11) is 0. The van der Waals surface area contributed by atoms with Crippen LogP contribution in [0.4, 0.5) is 16.2 Å². The van der Waals surface area contributed by atoms with E-state index in [1.165, 1.54) is 0 Å². The molecule has 1 aliphatic rings. The summed E-state index contributed by atoms with van der Waals surface area (Å²) in [6.07, 6.45) is 0. The number of urea groups is 1. The molecule has 1 aliphatic heterocycles. The van der Waals surface area contributed by atoms with Crippen LogP contribution in [-0.2, 0) is 11.3 Å². The molecule has 0 bridgehead atoms. The second-order valence-electron chi connectivity index (χ2n) is 7.58. The molecule has 3 aromatic rings. The van der Waals surface area contributed by atoms with Crippen LogP contribution in [-0.4, -0.2) is 43.1 Å². The number of ether oxygens (including phenoxy) is 1. The molecule has 0 spiro atoms. The van der Waals surface area contributed by atoms with E-state index in [0.717, 1.165) is 22.7 Å². The first-order valence-corrected chi connectivity index (χ1v) is 10.8. The molecule has 6 heteroatoms. The van der Waals surface area contributed by atoms with Gasteiger partial charge in [0.15, 0.2) is 0 Å². The van der Waals surface area contributed by atoms with Crippen molar-refractivity contribution in [1.82, 2.24) is 4.90 Å². The zero-order valence-corrected chi connectivity index (χ0v) is 18.2. The number of nitrogens with zero attached hydrogens (tertiary/aromatic N) is 3. The van der Waals surface area contributed by atoms with Gasteiger partial charge in [-0.05, 0) is 48.9 Å². The monoisotopic (exact) mass is 429 g/mol. The molecule has 0 aromatic heterocycles. The first kappa shape index (κ1) is 21.4. The minimum absolute atomic E-state index is 0.0358. The van der Waals surface area contributed by atoms with Crippen LogP contribution in [0.2, 0.25) is 0 Å². The molecule has 1 saturated heterocycles. The molecule has 3 aromatic carbocycles. The van der Waals surface area contributed by atoms with Crippen molar-refractivity contribution in [1.29, 1.82) is 0 Å². The molecule has 0 unspecified atom stereocenters. The Bertz CT molecular complexity index is 1040. The number of hydrogen-bond donors (Lipinski definition) is 0. The Hall–Kier alpha value is -3.80. The van der Waals surface area contributed by atoms with E-state index in [-0.39, 0.29) is 18.5 Å². The molecule has 3 amide bonds. The lowest BCUT2D eigenvalue weighted by Crippen LogP contribution is -2.42. The summed E-state index contributed by atoms with van der Waals surface area (Å²) in [5, 5.41) is 0. The average molecular weight is 430 g/mol. The van der Waals surface area contributed by atoms with Gasteiger partial charge in [0.25, 0.3) is 0 Å². The van der Waals surface area contributed by atoms with Crippen molar-refractivity contribution in [3.8, 4) is 5.75 Å². The Morgan fingerprint density at radius 2 is 1.56 bits per heavy atom. The van der Waals surface area contributed by atoms with E-state index < -0.39 is 0 Å². The molecule has 0 saturated carbocycles. The zero-order valence-electron chi connectivity index (χ0n) is 18.2. The van der Waals surface area contributed by atoms with Crippen LogP contribution >= 0.6 is 0 Å². The van der Waals surface area contributed by atoms with Crippen molar-refractivity contribution >= 4 is 23.3 Å². The van der Waals surface area contributed by atoms with Gasteiger partial charge in [-0.3, -0.25) is 9.69 Å². The summed E-state index contributed by atoms with van der Waals surface area (Å²) in [4.78, 5) is 31.4. The Morgan fingerprint density at radius 1 is 0.906 bits per heavy atom. The Balaban J connectivity index is 1.46. The van der Waals surface area contributed by atoms with Crippen molar-refractivity contribution in [2.75, 3.05) is 36.0 Å². The van der Waals surface area contributed by atoms with Gasteiger partial charge in [0.1, 0.15) is 12.3 Å². The molecule has 164 valence electrons. The highest BCUT2D eigenvalue weighted by Crippen LogP contribution is 2.24. The number of hydrogen-bond acceptors (Lipinski definition) is 3. The van der Waals surface area contributed by atoms with E-state index in [1.807, 2.05) is 91.9 Å². The standard InChI is InChI=1S/C26H27N3O3/c1-2-32-24-15-13-23(14-16-24)28-18-17-27(26(28)31)20-25(30)29(22-11-7-4-8-12-22)19-21-9-5-3-6-10-21/h3-16H,2,17-20H2,1H3. The van der Waals surface area contributed by atoms with Crippen molar-refractivity contribution in [2.45, 2.75) is 13.5 Å². The highest BCUT2D eigenvalue weighted by atomic mass is 16.5. The minimum atomic E-state index is -0.157. The third-order valence-corrected chi connectivity index (χ3v) is 5.43. The molecule has 6 nitrogen and oxygen atoms in total. The highest BCUT2D eigenvalue weighted by molar-refractivity contribution is 6.00. The van der Waals surface area contributed by atoms with Crippen LogP contribution in [0.25, 0.3) is 0 Å². The summed E-state index contributed by atoms with van der Waals surface area (Å²) in [5.74, 6) is 0.663. The van der Waals surface area contributed by atoms with E-state index in [0.29, 0.717) is 26.2 Å². The van der Waals surface area contributed by atoms with Crippen molar-refractivity contribution in [2.24, 2.45) is 0 Å². The van der Waals surface area contributed by atoms with Gasteiger partial charge in [-0.2, -0.15) is 0 Å². The zero-order chi connectivity index (χ0) is 22.3. The number of anilines is 2. The predicted octanol–water partition coefficient (Wildman–Crippen LogP) is 4.56. The number of carbonyl (C=O) groups is 2. The molecular weight excluding hydrogens is 402 g/mol.